The van der Waals surface area contributed by atoms with Gasteiger partial charge in [-0.15, -0.1) is 0 Å². The molecule has 0 aromatic heterocycles. The predicted molar refractivity (Wildman–Crippen MR) is 96.5 cm³/mol. The Bertz CT molecular complexity index is 924. The number of benzene rings is 2. The molecule has 0 amide bonds. The van der Waals surface area contributed by atoms with Gasteiger partial charge < -0.3 is 5.32 Å². The van der Waals surface area contributed by atoms with E-state index in [1.54, 1.807) is 0 Å². The third-order valence-corrected chi connectivity index (χ3v) is 5.84. The Morgan fingerprint density at radius 2 is 1.92 bits per heavy atom. The maximum Gasteiger partial charge on any atom is 0.293 e. The predicted octanol–water partition coefficient (Wildman–Crippen LogP) is 3.73. The summed E-state index contributed by atoms with van der Waals surface area (Å²) in [6.07, 6.45) is 3.02. The number of anilines is 1. The molecule has 0 aliphatic heterocycles. The monoisotopic (exact) mass is 360 g/mol. The van der Waals surface area contributed by atoms with E-state index in [9.17, 15) is 18.5 Å². The molecule has 0 bridgehead atoms. The SMILES string of the molecule is CC1CCc2ccccc2C1Nc1ccc(S(C)(=O)=O)cc1[N+](=O)[O-]. The molecule has 25 heavy (non-hydrogen) atoms. The molecule has 0 saturated heterocycles. The zero-order valence-electron chi connectivity index (χ0n) is 14.1. The van der Waals surface area contributed by atoms with Crippen LogP contribution in [0.25, 0.3) is 0 Å². The van der Waals surface area contributed by atoms with Crippen LogP contribution in [-0.2, 0) is 16.3 Å². The minimum absolute atomic E-state index is 0.0484. The van der Waals surface area contributed by atoms with Gasteiger partial charge in [0.2, 0.25) is 0 Å². The normalized spacial score (nSPS) is 19.9. The van der Waals surface area contributed by atoms with Gasteiger partial charge in [-0.2, -0.15) is 0 Å². The third-order valence-electron chi connectivity index (χ3n) is 4.73. The van der Waals surface area contributed by atoms with Gasteiger partial charge >= 0.3 is 0 Å². The summed E-state index contributed by atoms with van der Waals surface area (Å²) in [7, 11) is -3.50. The number of aryl methyl sites for hydroxylation is 1. The molecule has 1 aliphatic carbocycles. The standard InChI is InChI=1S/C18H20N2O4S/c1-12-7-8-13-5-3-4-6-15(13)18(12)19-16-10-9-14(25(2,23)24)11-17(16)20(21)22/h3-6,9-12,18-19H,7-8H2,1-2H3. The molecule has 6 nitrogen and oxygen atoms in total. The van der Waals surface area contributed by atoms with Gasteiger partial charge in [0.25, 0.3) is 5.69 Å². The zero-order valence-corrected chi connectivity index (χ0v) is 14.9. The van der Waals surface area contributed by atoms with Crippen LogP contribution in [0.15, 0.2) is 47.4 Å². The molecule has 132 valence electrons. The number of hydrogen-bond acceptors (Lipinski definition) is 5. The Hall–Kier alpha value is -2.41. The molecule has 0 spiro atoms. The van der Waals surface area contributed by atoms with Gasteiger partial charge in [0.1, 0.15) is 5.69 Å². The molecule has 2 atom stereocenters. The Kier molecular flexibility index (Phi) is 4.51. The summed E-state index contributed by atoms with van der Waals surface area (Å²) in [6.45, 7) is 2.12. The summed E-state index contributed by atoms with van der Waals surface area (Å²) < 4.78 is 23.4. The molecule has 1 aliphatic rings. The molecule has 0 heterocycles. The first-order chi connectivity index (χ1) is 11.8. The molecular formula is C18H20N2O4S. The highest BCUT2D eigenvalue weighted by atomic mass is 32.2. The fraction of sp³-hybridized carbons (Fsp3) is 0.333. The van der Waals surface area contributed by atoms with Gasteiger partial charge in [-0.25, -0.2) is 8.42 Å². The highest BCUT2D eigenvalue weighted by Crippen LogP contribution is 2.39. The lowest BCUT2D eigenvalue weighted by atomic mass is 9.80. The number of nitro groups is 1. The fourth-order valence-corrected chi connectivity index (χ4v) is 3.97. The lowest BCUT2D eigenvalue weighted by molar-refractivity contribution is -0.384. The minimum atomic E-state index is -3.50. The van der Waals surface area contributed by atoms with E-state index >= 15 is 0 Å². The van der Waals surface area contributed by atoms with Crippen LogP contribution in [0, 0.1) is 16.0 Å². The highest BCUT2D eigenvalue weighted by Gasteiger charge is 2.28. The molecule has 2 unspecified atom stereocenters. The summed E-state index contributed by atoms with van der Waals surface area (Å²) in [5.74, 6) is 0.309. The maximum atomic E-state index is 11.7. The van der Waals surface area contributed by atoms with Crippen molar-refractivity contribution in [3.63, 3.8) is 0 Å². The van der Waals surface area contributed by atoms with Gasteiger partial charge in [-0.05, 0) is 42.0 Å². The second-order valence-electron chi connectivity index (χ2n) is 6.55. The van der Waals surface area contributed by atoms with Gasteiger partial charge in [0.05, 0.1) is 15.9 Å². The highest BCUT2D eigenvalue weighted by molar-refractivity contribution is 7.90. The van der Waals surface area contributed by atoms with Crippen molar-refractivity contribution in [1.82, 2.24) is 0 Å². The van der Waals surface area contributed by atoms with E-state index in [0.29, 0.717) is 11.6 Å². The largest absolute Gasteiger partial charge is 0.372 e. The summed E-state index contributed by atoms with van der Waals surface area (Å²) in [5, 5.41) is 14.7. The van der Waals surface area contributed by atoms with Crippen LogP contribution in [0.3, 0.4) is 0 Å². The summed E-state index contributed by atoms with van der Waals surface area (Å²) in [4.78, 5) is 10.8. The smallest absolute Gasteiger partial charge is 0.293 e. The van der Waals surface area contributed by atoms with Crippen LogP contribution < -0.4 is 5.32 Å². The van der Waals surface area contributed by atoms with Gasteiger partial charge in [-0.1, -0.05) is 31.2 Å². The summed E-state index contributed by atoms with van der Waals surface area (Å²) in [6, 6.07) is 12.0. The molecule has 3 rings (SSSR count). The van der Waals surface area contributed by atoms with Crippen LogP contribution in [0.2, 0.25) is 0 Å². The molecule has 2 aromatic rings. The number of nitro benzene ring substituents is 1. The number of nitrogens with zero attached hydrogens (tertiary/aromatic N) is 1. The van der Waals surface area contributed by atoms with Crippen molar-refractivity contribution in [2.45, 2.75) is 30.7 Å². The van der Waals surface area contributed by atoms with E-state index < -0.39 is 14.8 Å². The Labute approximate surface area is 147 Å². The number of hydrogen-bond donors (Lipinski definition) is 1. The van der Waals surface area contributed by atoms with Crippen LogP contribution >= 0.6 is 0 Å². The van der Waals surface area contributed by atoms with Gasteiger partial charge in [0, 0.05) is 12.3 Å². The summed E-state index contributed by atoms with van der Waals surface area (Å²) in [5.41, 5.74) is 2.50. The second kappa shape index (κ2) is 6.48. The topological polar surface area (TPSA) is 89.3 Å². The van der Waals surface area contributed by atoms with Crippen molar-refractivity contribution in [3.8, 4) is 0 Å². The van der Waals surface area contributed by atoms with Crippen LogP contribution in [0.1, 0.15) is 30.5 Å². The van der Waals surface area contributed by atoms with Crippen LogP contribution in [-0.4, -0.2) is 19.6 Å². The minimum Gasteiger partial charge on any atom is -0.372 e. The average Bonchev–Trinajstić information content (AvgIpc) is 2.56. The molecule has 0 radical (unpaired) electrons. The van der Waals surface area contributed by atoms with Gasteiger partial charge in [-0.3, -0.25) is 10.1 Å². The number of sulfone groups is 1. The molecule has 2 aromatic carbocycles. The van der Waals surface area contributed by atoms with Crippen molar-refractivity contribution < 1.29 is 13.3 Å². The molecule has 0 fully saturated rings. The second-order valence-corrected chi connectivity index (χ2v) is 8.56. The lowest BCUT2D eigenvalue weighted by Crippen LogP contribution is -2.25. The first-order valence-corrected chi connectivity index (χ1v) is 9.99. The van der Waals surface area contributed by atoms with E-state index in [4.69, 9.17) is 0 Å². The van der Waals surface area contributed by atoms with Crippen LogP contribution in [0.4, 0.5) is 11.4 Å². The number of rotatable bonds is 4. The summed E-state index contributed by atoms with van der Waals surface area (Å²) >= 11 is 0. The van der Waals surface area contributed by atoms with Crippen molar-refractivity contribution in [1.29, 1.82) is 0 Å². The van der Waals surface area contributed by atoms with E-state index in [1.807, 2.05) is 18.2 Å². The van der Waals surface area contributed by atoms with Crippen molar-refractivity contribution in [3.05, 3.63) is 63.7 Å². The maximum absolute atomic E-state index is 11.7. The molecule has 0 saturated carbocycles. The first kappa shape index (κ1) is 17.4. The fourth-order valence-electron chi connectivity index (χ4n) is 3.32. The van der Waals surface area contributed by atoms with Crippen molar-refractivity contribution >= 4 is 21.2 Å². The number of fused-ring (bicyclic) bond motifs is 1. The first-order valence-electron chi connectivity index (χ1n) is 8.10. The van der Waals surface area contributed by atoms with Crippen LogP contribution in [0.5, 0.6) is 0 Å². The Morgan fingerprint density at radius 3 is 2.60 bits per heavy atom. The van der Waals surface area contributed by atoms with E-state index in [0.717, 1.165) is 30.7 Å². The molecule has 1 N–H and O–H groups in total. The Morgan fingerprint density at radius 1 is 1.20 bits per heavy atom. The third kappa shape index (κ3) is 3.51. The Balaban J connectivity index is 2.02. The van der Waals surface area contributed by atoms with E-state index in [-0.39, 0.29) is 16.6 Å². The quantitative estimate of drug-likeness (QED) is 0.663. The van der Waals surface area contributed by atoms with Crippen molar-refractivity contribution in [2.24, 2.45) is 5.92 Å². The van der Waals surface area contributed by atoms with Gasteiger partial charge in [0.15, 0.2) is 9.84 Å². The van der Waals surface area contributed by atoms with E-state index in [1.165, 1.54) is 17.7 Å². The van der Waals surface area contributed by atoms with Crippen molar-refractivity contribution in [2.75, 3.05) is 11.6 Å². The molecular weight excluding hydrogens is 340 g/mol. The molecule has 7 heteroatoms. The lowest BCUT2D eigenvalue weighted by Gasteiger charge is -2.32. The average molecular weight is 360 g/mol. The van der Waals surface area contributed by atoms with E-state index in [2.05, 4.69) is 18.3 Å². The number of nitrogens with one attached hydrogen (secondary N) is 1. The zero-order chi connectivity index (χ0) is 18.2.